The Bertz CT molecular complexity index is 1290. The summed E-state index contributed by atoms with van der Waals surface area (Å²) in [6.07, 6.45) is 4.57. The van der Waals surface area contributed by atoms with E-state index in [-0.39, 0.29) is 17.9 Å². The zero-order valence-corrected chi connectivity index (χ0v) is 23.8. The molecule has 0 radical (unpaired) electrons. The number of halogens is 2. The highest BCUT2D eigenvalue weighted by atomic mass is 35.5. The highest BCUT2D eigenvalue weighted by Crippen LogP contribution is 2.51. The number of carbonyl (C=O) groups excluding carboxylic acids is 1. The van der Waals surface area contributed by atoms with E-state index in [0.717, 1.165) is 23.2 Å². The topological polar surface area (TPSA) is 53.4 Å². The van der Waals surface area contributed by atoms with E-state index in [9.17, 15) is 9.90 Å². The molecule has 0 bridgehead atoms. The van der Waals surface area contributed by atoms with Crippen molar-refractivity contribution in [3.63, 3.8) is 0 Å². The van der Waals surface area contributed by atoms with E-state index in [0.29, 0.717) is 41.5 Å². The third-order valence-corrected chi connectivity index (χ3v) is 8.00. The van der Waals surface area contributed by atoms with E-state index in [2.05, 4.69) is 17.6 Å². The lowest BCUT2D eigenvalue weighted by Gasteiger charge is -2.49. The summed E-state index contributed by atoms with van der Waals surface area (Å²) in [5.41, 5.74) is 2.13. The lowest BCUT2D eigenvalue weighted by atomic mass is 9.67. The minimum atomic E-state index is -1.00. The molecule has 2 aromatic carbocycles. The van der Waals surface area contributed by atoms with Crippen LogP contribution in [-0.4, -0.2) is 27.4 Å². The summed E-state index contributed by atoms with van der Waals surface area (Å²) in [6.45, 7) is 10.0. The van der Waals surface area contributed by atoms with Gasteiger partial charge in [0.1, 0.15) is 5.60 Å². The zero-order valence-electron chi connectivity index (χ0n) is 22.3. The van der Waals surface area contributed by atoms with Gasteiger partial charge in [-0.15, -0.1) is 6.58 Å². The quantitative estimate of drug-likeness (QED) is 0.275. The molecule has 0 saturated carbocycles. The second kappa shape index (κ2) is 11.6. The first-order chi connectivity index (χ1) is 18.0. The Morgan fingerprint density at radius 2 is 1.79 bits per heavy atom. The summed E-state index contributed by atoms with van der Waals surface area (Å²) < 4.78 is 0. The molecule has 4 rings (SSSR count). The Kier molecular flexibility index (Phi) is 8.66. The van der Waals surface area contributed by atoms with Crippen LogP contribution in [0.5, 0.6) is 0 Å². The van der Waals surface area contributed by atoms with Gasteiger partial charge in [0.25, 0.3) is 0 Å². The van der Waals surface area contributed by atoms with Crippen molar-refractivity contribution >= 4 is 29.1 Å². The molecule has 200 valence electrons. The van der Waals surface area contributed by atoms with Crippen LogP contribution in [0, 0.1) is 5.41 Å². The van der Waals surface area contributed by atoms with Crippen molar-refractivity contribution in [2.75, 3.05) is 6.54 Å². The number of aliphatic hydroxyl groups is 1. The summed E-state index contributed by atoms with van der Waals surface area (Å²) in [4.78, 5) is 20.8. The number of hydrogen-bond donors (Lipinski definition) is 1. The van der Waals surface area contributed by atoms with Crippen LogP contribution in [0.25, 0.3) is 0 Å². The number of carbonyl (C=O) groups is 1. The van der Waals surface area contributed by atoms with Crippen LogP contribution in [0.4, 0.5) is 0 Å². The van der Waals surface area contributed by atoms with Crippen molar-refractivity contribution < 1.29 is 9.90 Å². The molecule has 0 unspecified atom stereocenters. The Labute approximate surface area is 236 Å². The predicted molar refractivity (Wildman–Crippen MR) is 155 cm³/mol. The van der Waals surface area contributed by atoms with Crippen molar-refractivity contribution in [2.45, 2.75) is 64.0 Å². The van der Waals surface area contributed by atoms with Crippen molar-refractivity contribution in [3.05, 3.63) is 112 Å². The SMILES string of the molecule is C=CC[C@@]1(C)C[C@H](c2cccc(Cl)c2)[C@@H](c2ccc(Cl)cc2)N(CCCc2cccc(C(C)(C)O)n2)C1=O. The molecule has 1 amide bonds. The van der Waals surface area contributed by atoms with Crippen molar-refractivity contribution in [1.82, 2.24) is 9.88 Å². The molecule has 1 aliphatic rings. The Morgan fingerprint density at radius 1 is 1.08 bits per heavy atom. The molecule has 3 aromatic rings. The smallest absolute Gasteiger partial charge is 0.229 e. The van der Waals surface area contributed by atoms with Crippen LogP contribution in [0.3, 0.4) is 0 Å². The Morgan fingerprint density at radius 3 is 2.45 bits per heavy atom. The van der Waals surface area contributed by atoms with E-state index >= 15 is 0 Å². The largest absolute Gasteiger partial charge is 0.384 e. The number of nitrogens with zero attached hydrogens (tertiary/aromatic N) is 2. The first-order valence-electron chi connectivity index (χ1n) is 13.1. The third kappa shape index (κ3) is 6.31. The molecule has 3 atom stereocenters. The van der Waals surface area contributed by atoms with Gasteiger partial charge in [-0.05, 0) is 87.1 Å². The number of amides is 1. The molecule has 38 heavy (non-hydrogen) atoms. The van der Waals surface area contributed by atoms with Gasteiger partial charge in [-0.1, -0.05) is 66.5 Å². The monoisotopic (exact) mass is 550 g/mol. The lowest BCUT2D eigenvalue weighted by molar-refractivity contribution is -0.150. The molecule has 1 fully saturated rings. The highest BCUT2D eigenvalue weighted by Gasteiger charge is 2.48. The van der Waals surface area contributed by atoms with E-state index in [1.165, 1.54) is 0 Å². The summed E-state index contributed by atoms with van der Waals surface area (Å²) in [5, 5.41) is 11.7. The van der Waals surface area contributed by atoms with Crippen LogP contribution in [0.15, 0.2) is 79.4 Å². The first-order valence-corrected chi connectivity index (χ1v) is 13.9. The molecule has 4 nitrogen and oxygen atoms in total. The van der Waals surface area contributed by atoms with Gasteiger partial charge in [0.2, 0.25) is 5.91 Å². The second-order valence-corrected chi connectivity index (χ2v) is 12.0. The van der Waals surface area contributed by atoms with Crippen molar-refractivity contribution in [3.8, 4) is 0 Å². The average Bonchev–Trinajstić information content (AvgIpc) is 2.87. The number of aryl methyl sites for hydroxylation is 1. The normalized spacial score (nSPS) is 21.9. The number of benzene rings is 2. The number of allylic oxidation sites excluding steroid dienone is 1. The maximum atomic E-state index is 14.1. The predicted octanol–water partition coefficient (Wildman–Crippen LogP) is 7.89. The van der Waals surface area contributed by atoms with Gasteiger partial charge < -0.3 is 10.0 Å². The molecular weight excluding hydrogens is 515 g/mol. The van der Waals surface area contributed by atoms with Gasteiger partial charge in [0.05, 0.1) is 17.2 Å². The molecule has 1 saturated heterocycles. The van der Waals surface area contributed by atoms with Crippen molar-refractivity contribution in [1.29, 1.82) is 0 Å². The fraction of sp³-hybridized carbons (Fsp3) is 0.375. The fourth-order valence-electron chi connectivity index (χ4n) is 5.60. The molecule has 0 spiro atoms. The van der Waals surface area contributed by atoms with Gasteiger partial charge in [0.15, 0.2) is 0 Å². The van der Waals surface area contributed by atoms with E-state index in [1.54, 1.807) is 13.8 Å². The second-order valence-electron chi connectivity index (χ2n) is 11.1. The lowest BCUT2D eigenvalue weighted by Crippen LogP contribution is -2.52. The molecule has 1 aromatic heterocycles. The highest BCUT2D eigenvalue weighted by molar-refractivity contribution is 6.30. The zero-order chi connectivity index (χ0) is 27.5. The third-order valence-electron chi connectivity index (χ3n) is 7.51. The van der Waals surface area contributed by atoms with Gasteiger partial charge in [-0.3, -0.25) is 9.78 Å². The maximum Gasteiger partial charge on any atom is 0.229 e. The molecule has 1 N–H and O–H groups in total. The summed E-state index contributed by atoms with van der Waals surface area (Å²) in [6, 6.07) is 21.4. The number of hydrogen-bond acceptors (Lipinski definition) is 3. The van der Waals surface area contributed by atoms with Gasteiger partial charge >= 0.3 is 0 Å². The Hall–Kier alpha value is -2.66. The summed E-state index contributed by atoms with van der Waals surface area (Å²) >= 11 is 12.7. The van der Waals surface area contributed by atoms with Gasteiger partial charge in [0, 0.05) is 28.2 Å². The number of pyridine rings is 1. The van der Waals surface area contributed by atoms with Crippen molar-refractivity contribution in [2.24, 2.45) is 5.41 Å². The van der Waals surface area contributed by atoms with Crippen LogP contribution in [-0.2, 0) is 16.8 Å². The molecular formula is C32H36Cl2N2O2. The van der Waals surface area contributed by atoms with Gasteiger partial charge in [-0.25, -0.2) is 0 Å². The van der Waals surface area contributed by atoms with Gasteiger partial charge in [-0.2, -0.15) is 0 Å². The number of aromatic nitrogens is 1. The van der Waals surface area contributed by atoms with Crippen LogP contribution >= 0.6 is 23.2 Å². The van der Waals surface area contributed by atoms with E-state index in [4.69, 9.17) is 23.2 Å². The summed E-state index contributed by atoms with van der Waals surface area (Å²) in [5.74, 6) is 0.183. The number of rotatable bonds is 9. The van der Waals surface area contributed by atoms with Crippen LogP contribution < -0.4 is 0 Å². The van der Waals surface area contributed by atoms with E-state index < -0.39 is 11.0 Å². The number of piperidine rings is 1. The fourth-order valence-corrected chi connectivity index (χ4v) is 5.93. The maximum absolute atomic E-state index is 14.1. The minimum absolute atomic E-state index is 0.0502. The standard InChI is InChI=1S/C32H36Cl2N2O2/c1-5-18-32(4)21-27(23-9-6-10-25(34)20-23)29(22-14-16-24(33)17-15-22)36(30(32)37)19-8-12-26-11-7-13-28(35-26)31(2,3)38/h5-7,9-11,13-17,20,27,29,38H,1,8,12,18-19,21H2,2-4H3/t27-,29-,32+/m1/s1. The van der Waals surface area contributed by atoms with Crippen LogP contribution in [0.1, 0.15) is 74.5 Å². The average molecular weight is 552 g/mol. The first kappa shape index (κ1) is 28.4. The molecule has 6 heteroatoms. The number of likely N-dealkylation sites (tertiary alicyclic amines) is 1. The minimum Gasteiger partial charge on any atom is -0.384 e. The Balaban J connectivity index is 1.70. The van der Waals surface area contributed by atoms with E-state index in [1.807, 2.05) is 78.6 Å². The molecule has 1 aliphatic heterocycles. The van der Waals surface area contributed by atoms with Crippen LogP contribution in [0.2, 0.25) is 10.0 Å². The molecule has 2 heterocycles. The molecule has 0 aliphatic carbocycles. The summed E-state index contributed by atoms with van der Waals surface area (Å²) in [7, 11) is 0.